The largest absolute Gasteiger partial charge is 0.273 e. The number of carbonyl (C=O) groups excluding carboxylic acids is 2. The van der Waals surface area contributed by atoms with Crippen molar-refractivity contribution in [2.75, 3.05) is 10.7 Å². The molecule has 0 saturated carbocycles. The minimum atomic E-state index is -0.152. The summed E-state index contributed by atoms with van der Waals surface area (Å²) >= 11 is 4.70. The van der Waals surface area contributed by atoms with Gasteiger partial charge in [0, 0.05) is 4.47 Å². The number of thioether (sulfide) groups is 1. The minimum Gasteiger partial charge on any atom is -0.273 e. The van der Waals surface area contributed by atoms with E-state index < -0.39 is 0 Å². The van der Waals surface area contributed by atoms with Crippen molar-refractivity contribution in [1.29, 1.82) is 0 Å². The van der Waals surface area contributed by atoms with Gasteiger partial charge in [-0.05, 0) is 31.2 Å². The fourth-order valence-corrected chi connectivity index (χ4v) is 2.53. The SMILES string of the molecule is CC1SCC(=O)N(c2ccc(Br)cc2)C1=O. The second kappa shape index (κ2) is 4.59. The van der Waals surface area contributed by atoms with Crippen molar-refractivity contribution in [2.24, 2.45) is 0 Å². The topological polar surface area (TPSA) is 37.4 Å². The summed E-state index contributed by atoms with van der Waals surface area (Å²) in [4.78, 5) is 24.9. The lowest BCUT2D eigenvalue weighted by Gasteiger charge is -2.28. The highest BCUT2D eigenvalue weighted by atomic mass is 79.9. The summed E-state index contributed by atoms with van der Waals surface area (Å²) in [5, 5.41) is -0.152. The molecule has 0 radical (unpaired) electrons. The molecule has 1 aromatic rings. The van der Waals surface area contributed by atoms with Crippen molar-refractivity contribution >= 4 is 45.2 Å². The maximum atomic E-state index is 11.9. The summed E-state index contributed by atoms with van der Waals surface area (Å²) in [6.45, 7) is 1.82. The van der Waals surface area contributed by atoms with Crippen molar-refractivity contribution in [3.63, 3.8) is 0 Å². The van der Waals surface area contributed by atoms with Gasteiger partial charge < -0.3 is 0 Å². The number of imide groups is 1. The Morgan fingerprint density at radius 1 is 1.31 bits per heavy atom. The third kappa shape index (κ3) is 2.15. The average molecular weight is 300 g/mol. The van der Waals surface area contributed by atoms with Crippen LogP contribution >= 0.6 is 27.7 Å². The first-order chi connectivity index (χ1) is 7.59. The highest BCUT2D eigenvalue weighted by Crippen LogP contribution is 2.26. The van der Waals surface area contributed by atoms with E-state index in [0.29, 0.717) is 11.4 Å². The Kier molecular flexibility index (Phi) is 3.35. The highest BCUT2D eigenvalue weighted by Gasteiger charge is 2.33. The monoisotopic (exact) mass is 299 g/mol. The third-order valence-electron chi connectivity index (χ3n) is 2.36. The molecule has 84 valence electrons. The second-order valence-corrected chi connectivity index (χ2v) is 5.74. The van der Waals surface area contributed by atoms with Crippen LogP contribution in [0.2, 0.25) is 0 Å². The molecule has 1 saturated heterocycles. The summed E-state index contributed by atoms with van der Waals surface area (Å²) in [5.41, 5.74) is 0.644. The van der Waals surface area contributed by atoms with Crippen molar-refractivity contribution in [1.82, 2.24) is 0 Å². The predicted molar refractivity (Wildman–Crippen MR) is 68.6 cm³/mol. The molecule has 3 nitrogen and oxygen atoms in total. The number of hydrogen-bond donors (Lipinski definition) is 0. The molecule has 1 aliphatic rings. The number of anilines is 1. The van der Waals surface area contributed by atoms with Gasteiger partial charge in [-0.1, -0.05) is 15.9 Å². The van der Waals surface area contributed by atoms with Gasteiger partial charge in [0.1, 0.15) is 0 Å². The van der Waals surface area contributed by atoms with Crippen LogP contribution in [0.25, 0.3) is 0 Å². The predicted octanol–water partition coefficient (Wildman–Crippen LogP) is 2.44. The summed E-state index contributed by atoms with van der Waals surface area (Å²) in [5.74, 6) is 0.0853. The normalized spacial score (nSPS) is 21.4. The lowest BCUT2D eigenvalue weighted by atomic mass is 10.2. The number of rotatable bonds is 1. The Hall–Kier alpha value is -0.810. The molecule has 1 aromatic carbocycles. The van der Waals surface area contributed by atoms with Crippen LogP contribution in [0.4, 0.5) is 5.69 Å². The molecule has 16 heavy (non-hydrogen) atoms. The van der Waals surface area contributed by atoms with Crippen molar-refractivity contribution < 1.29 is 9.59 Å². The fourth-order valence-electron chi connectivity index (χ4n) is 1.50. The molecule has 2 amide bonds. The van der Waals surface area contributed by atoms with E-state index in [1.807, 2.05) is 19.1 Å². The van der Waals surface area contributed by atoms with Gasteiger partial charge in [0.25, 0.3) is 0 Å². The molecule has 0 spiro atoms. The van der Waals surface area contributed by atoms with Crippen LogP contribution in [0.1, 0.15) is 6.92 Å². The molecule has 5 heteroatoms. The number of carbonyl (C=O) groups is 2. The highest BCUT2D eigenvalue weighted by molar-refractivity contribution is 9.10. The van der Waals surface area contributed by atoms with Gasteiger partial charge in [-0.25, -0.2) is 4.90 Å². The summed E-state index contributed by atoms with van der Waals surface area (Å²) in [6.07, 6.45) is 0. The zero-order chi connectivity index (χ0) is 11.7. The molecule has 1 heterocycles. The molecular weight excluding hydrogens is 290 g/mol. The quantitative estimate of drug-likeness (QED) is 0.748. The van der Waals surface area contributed by atoms with E-state index >= 15 is 0 Å². The second-order valence-electron chi connectivity index (χ2n) is 3.50. The van der Waals surface area contributed by atoms with E-state index in [1.165, 1.54) is 16.7 Å². The third-order valence-corrected chi connectivity index (χ3v) is 4.00. The molecule has 2 rings (SSSR count). The van der Waals surface area contributed by atoms with Gasteiger partial charge in [-0.2, -0.15) is 0 Å². The van der Waals surface area contributed by atoms with Gasteiger partial charge in [0.05, 0.1) is 16.7 Å². The van der Waals surface area contributed by atoms with Crippen LogP contribution < -0.4 is 4.90 Å². The van der Waals surface area contributed by atoms with E-state index in [2.05, 4.69) is 15.9 Å². The minimum absolute atomic E-state index is 0.136. The summed E-state index contributed by atoms with van der Waals surface area (Å²) in [7, 11) is 0. The van der Waals surface area contributed by atoms with E-state index in [-0.39, 0.29) is 17.1 Å². The summed E-state index contributed by atoms with van der Waals surface area (Å²) < 4.78 is 0.926. The number of hydrogen-bond acceptors (Lipinski definition) is 3. The Morgan fingerprint density at radius 2 is 1.94 bits per heavy atom. The van der Waals surface area contributed by atoms with Gasteiger partial charge in [0.2, 0.25) is 11.8 Å². The zero-order valence-corrected chi connectivity index (χ0v) is 11.0. The van der Waals surface area contributed by atoms with Gasteiger partial charge in [-0.15, -0.1) is 11.8 Å². The van der Waals surface area contributed by atoms with Gasteiger partial charge in [0.15, 0.2) is 0 Å². The maximum absolute atomic E-state index is 11.9. The van der Waals surface area contributed by atoms with Crippen LogP contribution in [0.5, 0.6) is 0 Å². The van der Waals surface area contributed by atoms with E-state index in [4.69, 9.17) is 0 Å². The van der Waals surface area contributed by atoms with Crippen LogP contribution in [0, 0.1) is 0 Å². The van der Waals surface area contributed by atoms with Crippen LogP contribution in [-0.2, 0) is 9.59 Å². The molecule has 1 fully saturated rings. The average Bonchev–Trinajstić information content (AvgIpc) is 2.27. The molecular formula is C11H10BrNO2S. The molecule has 0 aliphatic carbocycles. The summed E-state index contributed by atoms with van der Waals surface area (Å²) in [6, 6.07) is 7.18. The maximum Gasteiger partial charge on any atom is 0.246 e. The standard InChI is InChI=1S/C11H10BrNO2S/c1-7-11(15)13(10(14)6-16-7)9-4-2-8(12)3-5-9/h2-5,7H,6H2,1H3. The Balaban J connectivity index is 2.34. The number of nitrogens with zero attached hydrogens (tertiary/aromatic N) is 1. The first kappa shape index (κ1) is 11.7. The first-order valence-electron chi connectivity index (χ1n) is 4.83. The molecule has 0 N–H and O–H groups in total. The molecule has 1 unspecified atom stereocenters. The molecule has 1 aliphatic heterocycles. The number of benzene rings is 1. The van der Waals surface area contributed by atoms with E-state index in [1.54, 1.807) is 12.1 Å². The van der Waals surface area contributed by atoms with Crippen molar-refractivity contribution in [3.8, 4) is 0 Å². The van der Waals surface area contributed by atoms with E-state index in [9.17, 15) is 9.59 Å². The molecule has 0 aromatic heterocycles. The van der Waals surface area contributed by atoms with Crippen LogP contribution in [0.15, 0.2) is 28.7 Å². The van der Waals surface area contributed by atoms with E-state index in [0.717, 1.165) is 4.47 Å². The Labute approximate surface area is 106 Å². The molecule has 0 bridgehead atoms. The lowest BCUT2D eigenvalue weighted by molar-refractivity contribution is -0.125. The first-order valence-corrected chi connectivity index (χ1v) is 6.68. The smallest absolute Gasteiger partial charge is 0.246 e. The van der Waals surface area contributed by atoms with Crippen molar-refractivity contribution in [3.05, 3.63) is 28.7 Å². The van der Waals surface area contributed by atoms with Crippen molar-refractivity contribution in [2.45, 2.75) is 12.2 Å². The number of halogens is 1. The Morgan fingerprint density at radius 3 is 2.56 bits per heavy atom. The van der Waals surface area contributed by atoms with Gasteiger partial charge >= 0.3 is 0 Å². The Bertz CT molecular complexity index is 432. The molecule has 1 atom stereocenters. The fraction of sp³-hybridized carbons (Fsp3) is 0.273. The number of amides is 2. The lowest BCUT2D eigenvalue weighted by Crippen LogP contribution is -2.46. The zero-order valence-electron chi connectivity index (χ0n) is 8.64. The van der Waals surface area contributed by atoms with Crippen LogP contribution in [0.3, 0.4) is 0 Å². The van der Waals surface area contributed by atoms with Gasteiger partial charge in [-0.3, -0.25) is 9.59 Å². The van der Waals surface area contributed by atoms with Crippen LogP contribution in [-0.4, -0.2) is 22.8 Å².